The van der Waals surface area contributed by atoms with Crippen molar-refractivity contribution < 1.29 is 5.11 Å². The summed E-state index contributed by atoms with van der Waals surface area (Å²) < 4.78 is 0. The molecule has 0 saturated carbocycles. The molecule has 0 unspecified atom stereocenters. The fourth-order valence-electron chi connectivity index (χ4n) is 1.89. The first-order valence-corrected chi connectivity index (χ1v) is 6.60. The van der Waals surface area contributed by atoms with Crippen molar-refractivity contribution in [2.24, 2.45) is 11.7 Å². The van der Waals surface area contributed by atoms with Gasteiger partial charge >= 0.3 is 0 Å². The molecule has 3 atom stereocenters. The number of hydrogen-bond donors (Lipinski definition) is 2. The van der Waals surface area contributed by atoms with Crippen molar-refractivity contribution in [1.82, 2.24) is 0 Å². The van der Waals surface area contributed by atoms with Crippen LogP contribution in [0.2, 0.25) is 0 Å². The molecule has 2 nitrogen and oxygen atoms in total. The highest BCUT2D eigenvalue weighted by molar-refractivity contribution is 7.10. The normalized spacial score (nSPS) is 16.4. The van der Waals surface area contributed by atoms with Crippen molar-refractivity contribution >= 4 is 11.3 Å². The van der Waals surface area contributed by atoms with Gasteiger partial charge < -0.3 is 10.8 Å². The summed E-state index contributed by atoms with van der Waals surface area (Å²) in [6.07, 6.45) is -0.495. The third-order valence-corrected chi connectivity index (χ3v) is 4.03. The topological polar surface area (TPSA) is 46.2 Å². The zero-order chi connectivity index (χ0) is 12.3. The molecule has 90 valence electrons. The Morgan fingerprint density at radius 1 is 1.12 bits per heavy atom. The van der Waals surface area contributed by atoms with Crippen molar-refractivity contribution in [3.63, 3.8) is 0 Å². The van der Waals surface area contributed by atoms with E-state index in [1.165, 1.54) is 0 Å². The van der Waals surface area contributed by atoms with Gasteiger partial charge in [-0.3, -0.25) is 0 Å². The Hall–Kier alpha value is -1.16. The molecule has 1 aromatic carbocycles. The lowest BCUT2D eigenvalue weighted by atomic mass is 9.90. The Bertz CT molecular complexity index is 441. The summed E-state index contributed by atoms with van der Waals surface area (Å²) in [6, 6.07) is 13.7. The van der Waals surface area contributed by atoms with Crippen LogP contribution in [0.4, 0.5) is 0 Å². The van der Waals surface area contributed by atoms with Gasteiger partial charge in [0, 0.05) is 16.8 Å². The summed E-state index contributed by atoms with van der Waals surface area (Å²) in [7, 11) is 0. The van der Waals surface area contributed by atoms with Crippen LogP contribution in [0, 0.1) is 5.92 Å². The monoisotopic (exact) mass is 247 g/mol. The second kappa shape index (κ2) is 5.45. The van der Waals surface area contributed by atoms with Gasteiger partial charge in [-0.05, 0) is 17.0 Å². The third-order valence-electron chi connectivity index (χ3n) is 3.08. The van der Waals surface area contributed by atoms with Gasteiger partial charge in [0.1, 0.15) is 0 Å². The van der Waals surface area contributed by atoms with Crippen LogP contribution in [0.25, 0.3) is 0 Å². The van der Waals surface area contributed by atoms with E-state index in [0.29, 0.717) is 0 Å². The highest BCUT2D eigenvalue weighted by Crippen LogP contribution is 2.32. The van der Waals surface area contributed by atoms with E-state index in [9.17, 15) is 5.11 Å². The molecule has 0 aliphatic heterocycles. The molecule has 0 amide bonds. The van der Waals surface area contributed by atoms with E-state index >= 15 is 0 Å². The smallest absolute Gasteiger partial charge is 0.0925 e. The number of thiophene rings is 1. The third kappa shape index (κ3) is 2.75. The van der Waals surface area contributed by atoms with Crippen LogP contribution in [0.3, 0.4) is 0 Å². The molecule has 0 radical (unpaired) electrons. The van der Waals surface area contributed by atoms with Gasteiger partial charge in [0.2, 0.25) is 0 Å². The highest BCUT2D eigenvalue weighted by Gasteiger charge is 2.24. The van der Waals surface area contributed by atoms with Crippen LogP contribution < -0.4 is 5.73 Å². The van der Waals surface area contributed by atoms with Crippen molar-refractivity contribution in [3.05, 3.63) is 58.3 Å². The van der Waals surface area contributed by atoms with Crippen LogP contribution in [-0.2, 0) is 0 Å². The Balaban J connectivity index is 2.12. The summed E-state index contributed by atoms with van der Waals surface area (Å²) >= 11 is 1.57. The molecule has 0 spiro atoms. The molecule has 0 bridgehead atoms. The largest absolute Gasteiger partial charge is 0.387 e. The van der Waals surface area contributed by atoms with Gasteiger partial charge in [-0.2, -0.15) is 0 Å². The van der Waals surface area contributed by atoms with E-state index in [-0.39, 0.29) is 12.0 Å². The molecule has 0 fully saturated rings. The average Bonchev–Trinajstić information content (AvgIpc) is 2.91. The molecule has 3 N–H and O–H groups in total. The van der Waals surface area contributed by atoms with E-state index in [4.69, 9.17) is 5.73 Å². The summed E-state index contributed by atoms with van der Waals surface area (Å²) in [5, 5.41) is 12.2. The van der Waals surface area contributed by atoms with E-state index in [0.717, 1.165) is 10.4 Å². The minimum Gasteiger partial charge on any atom is -0.387 e. The highest BCUT2D eigenvalue weighted by atomic mass is 32.1. The van der Waals surface area contributed by atoms with Crippen molar-refractivity contribution in [2.45, 2.75) is 19.1 Å². The molecule has 0 saturated heterocycles. The zero-order valence-corrected chi connectivity index (χ0v) is 10.6. The maximum Gasteiger partial charge on any atom is 0.0925 e. The van der Waals surface area contributed by atoms with Crippen LogP contribution in [0.5, 0.6) is 0 Å². The molecule has 3 heteroatoms. The Kier molecular flexibility index (Phi) is 3.94. The summed E-state index contributed by atoms with van der Waals surface area (Å²) in [4.78, 5) is 0.976. The predicted molar refractivity (Wildman–Crippen MR) is 71.8 cm³/mol. The van der Waals surface area contributed by atoms with Crippen LogP contribution in [0.15, 0.2) is 47.8 Å². The molecule has 1 aromatic heterocycles. The maximum atomic E-state index is 10.2. The molecular weight excluding hydrogens is 230 g/mol. The Morgan fingerprint density at radius 2 is 1.82 bits per heavy atom. The molecule has 0 aliphatic carbocycles. The van der Waals surface area contributed by atoms with Gasteiger partial charge in [0.25, 0.3) is 0 Å². The summed E-state index contributed by atoms with van der Waals surface area (Å²) in [5.74, 6) is -0.00366. The van der Waals surface area contributed by atoms with Crippen LogP contribution >= 0.6 is 11.3 Å². The molecule has 0 aliphatic rings. The van der Waals surface area contributed by atoms with E-state index in [1.54, 1.807) is 11.3 Å². The van der Waals surface area contributed by atoms with E-state index in [2.05, 4.69) is 0 Å². The quantitative estimate of drug-likeness (QED) is 0.872. The number of aliphatic hydroxyl groups excluding tert-OH is 1. The van der Waals surface area contributed by atoms with Gasteiger partial charge in [-0.1, -0.05) is 43.3 Å². The number of benzene rings is 1. The lowest BCUT2D eigenvalue weighted by molar-refractivity contribution is 0.106. The molecular formula is C14H17NOS. The van der Waals surface area contributed by atoms with E-state index in [1.807, 2.05) is 54.8 Å². The van der Waals surface area contributed by atoms with E-state index < -0.39 is 6.10 Å². The Labute approximate surface area is 106 Å². The standard InChI is InChI=1S/C14H17NOS/c1-10(14(16)12-8-5-9-17-12)13(15)11-6-3-2-4-7-11/h2-10,13-14,16H,15H2,1H3/t10-,13+,14+/m1/s1. The Morgan fingerprint density at radius 3 is 2.41 bits per heavy atom. The SMILES string of the molecule is C[C@H]([C@H](N)c1ccccc1)[C@H](O)c1cccs1. The number of hydrogen-bond acceptors (Lipinski definition) is 3. The van der Waals surface area contributed by atoms with Crippen molar-refractivity contribution in [3.8, 4) is 0 Å². The number of rotatable bonds is 4. The average molecular weight is 247 g/mol. The molecule has 17 heavy (non-hydrogen) atoms. The fourth-order valence-corrected chi connectivity index (χ4v) is 2.72. The molecule has 2 rings (SSSR count). The second-order valence-electron chi connectivity index (χ2n) is 4.26. The van der Waals surface area contributed by atoms with Gasteiger partial charge in [0.15, 0.2) is 0 Å². The molecule has 1 heterocycles. The van der Waals surface area contributed by atoms with Crippen molar-refractivity contribution in [2.75, 3.05) is 0 Å². The summed E-state index contributed by atoms with van der Waals surface area (Å²) in [5.41, 5.74) is 7.26. The molecule has 2 aromatic rings. The first-order chi connectivity index (χ1) is 8.20. The summed E-state index contributed by atoms with van der Waals surface area (Å²) in [6.45, 7) is 1.99. The zero-order valence-electron chi connectivity index (χ0n) is 9.78. The fraction of sp³-hybridized carbons (Fsp3) is 0.286. The van der Waals surface area contributed by atoms with Gasteiger partial charge in [-0.15, -0.1) is 11.3 Å². The first kappa shape index (κ1) is 12.3. The maximum absolute atomic E-state index is 10.2. The second-order valence-corrected chi connectivity index (χ2v) is 5.24. The number of nitrogens with two attached hydrogens (primary N) is 1. The van der Waals surface area contributed by atoms with Crippen LogP contribution in [-0.4, -0.2) is 5.11 Å². The van der Waals surface area contributed by atoms with Crippen LogP contribution in [0.1, 0.15) is 29.5 Å². The van der Waals surface area contributed by atoms with Gasteiger partial charge in [-0.25, -0.2) is 0 Å². The van der Waals surface area contributed by atoms with Gasteiger partial charge in [0.05, 0.1) is 6.10 Å². The minimum atomic E-state index is -0.495. The first-order valence-electron chi connectivity index (χ1n) is 5.72. The predicted octanol–water partition coefficient (Wildman–Crippen LogP) is 3.12. The number of aliphatic hydroxyl groups is 1. The lowest BCUT2D eigenvalue weighted by Crippen LogP contribution is -2.24. The lowest BCUT2D eigenvalue weighted by Gasteiger charge is -2.24. The minimum absolute atomic E-state index is 0.00366. The van der Waals surface area contributed by atoms with Crippen molar-refractivity contribution in [1.29, 1.82) is 0 Å².